The Bertz CT molecular complexity index is 588. The number of hydrogen-bond acceptors (Lipinski definition) is 3. The number of aromatic nitrogens is 1. The third-order valence-electron chi connectivity index (χ3n) is 3.52. The smallest absolute Gasteiger partial charge is 0.236 e. The second-order valence-corrected chi connectivity index (χ2v) is 6.09. The van der Waals surface area contributed by atoms with Crippen LogP contribution in [0.15, 0.2) is 36.5 Å². The lowest BCUT2D eigenvalue weighted by molar-refractivity contribution is -0.122. The molecule has 1 aromatic heterocycles. The van der Waals surface area contributed by atoms with E-state index in [-0.39, 0.29) is 24.4 Å². The molecule has 1 amide bonds. The Hall–Kier alpha value is -1.17. The molecule has 2 aromatic rings. The van der Waals surface area contributed by atoms with Crippen LogP contribution in [-0.2, 0) is 11.3 Å². The lowest BCUT2D eigenvalue weighted by atomic mass is 10.2. The average molecular weight is 342 g/mol. The molecule has 0 unspecified atom stereocenters. The summed E-state index contributed by atoms with van der Waals surface area (Å²) in [4.78, 5) is 11.8. The number of carbonyl (C=O) groups is 1. The first-order valence-corrected chi connectivity index (χ1v) is 8.68. The van der Waals surface area contributed by atoms with E-state index >= 15 is 0 Å². The quantitative estimate of drug-likeness (QED) is 0.726. The van der Waals surface area contributed by atoms with E-state index in [1.165, 1.54) is 10.9 Å². The third kappa shape index (κ3) is 5.23. The highest BCUT2D eigenvalue weighted by atomic mass is 35.5. The number of fused-ring (bicyclic) bond motifs is 1. The van der Waals surface area contributed by atoms with Crippen LogP contribution in [0, 0.1) is 0 Å². The number of amides is 1. The van der Waals surface area contributed by atoms with E-state index in [0.29, 0.717) is 6.54 Å². The summed E-state index contributed by atoms with van der Waals surface area (Å²) in [6.07, 6.45) is 5.75. The molecule has 0 saturated carbocycles. The van der Waals surface area contributed by atoms with Crippen LogP contribution in [0.5, 0.6) is 0 Å². The number of para-hydroxylation sites is 1. The Morgan fingerprint density at radius 3 is 2.91 bits per heavy atom. The molecule has 4 nitrogen and oxygen atoms in total. The van der Waals surface area contributed by atoms with Crippen molar-refractivity contribution in [2.45, 2.75) is 25.4 Å². The zero-order valence-electron chi connectivity index (χ0n) is 12.8. The maximum absolute atomic E-state index is 11.8. The van der Waals surface area contributed by atoms with Crippen molar-refractivity contribution < 1.29 is 4.79 Å². The average Bonchev–Trinajstić information content (AvgIpc) is 2.92. The minimum absolute atomic E-state index is 0. The van der Waals surface area contributed by atoms with Crippen molar-refractivity contribution in [1.29, 1.82) is 0 Å². The topological polar surface area (TPSA) is 60.1 Å². The number of nitrogens with one attached hydrogen (secondary N) is 1. The Labute approximate surface area is 142 Å². The summed E-state index contributed by atoms with van der Waals surface area (Å²) in [7, 11) is 0. The van der Waals surface area contributed by atoms with Gasteiger partial charge in [0.05, 0.1) is 6.04 Å². The van der Waals surface area contributed by atoms with Crippen LogP contribution in [0.3, 0.4) is 0 Å². The number of halogens is 1. The second kappa shape index (κ2) is 9.77. The molecule has 1 aromatic carbocycles. The Morgan fingerprint density at radius 1 is 1.36 bits per heavy atom. The van der Waals surface area contributed by atoms with Gasteiger partial charge in [0.25, 0.3) is 0 Å². The van der Waals surface area contributed by atoms with Crippen molar-refractivity contribution in [3.8, 4) is 0 Å². The highest BCUT2D eigenvalue weighted by Crippen LogP contribution is 2.15. The molecular weight excluding hydrogens is 318 g/mol. The van der Waals surface area contributed by atoms with E-state index in [0.717, 1.165) is 25.1 Å². The fourth-order valence-electron chi connectivity index (χ4n) is 2.30. The summed E-state index contributed by atoms with van der Waals surface area (Å²) in [5.41, 5.74) is 7.06. The highest BCUT2D eigenvalue weighted by Gasteiger charge is 2.11. The number of thioether (sulfide) groups is 1. The summed E-state index contributed by atoms with van der Waals surface area (Å²) >= 11 is 1.71. The van der Waals surface area contributed by atoms with Crippen molar-refractivity contribution >= 4 is 41.0 Å². The summed E-state index contributed by atoms with van der Waals surface area (Å²) in [5, 5.41) is 4.17. The van der Waals surface area contributed by atoms with E-state index < -0.39 is 0 Å². The molecule has 0 aliphatic carbocycles. The Balaban J connectivity index is 0.00000242. The number of rotatable bonds is 8. The predicted molar refractivity (Wildman–Crippen MR) is 97.8 cm³/mol. The van der Waals surface area contributed by atoms with Crippen LogP contribution < -0.4 is 11.1 Å². The monoisotopic (exact) mass is 341 g/mol. The summed E-state index contributed by atoms with van der Waals surface area (Å²) in [6.45, 7) is 1.56. The molecule has 0 spiro atoms. The molecular formula is C16H24ClN3OS. The lowest BCUT2D eigenvalue weighted by Gasteiger charge is -2.12. The number of nitrogens with two attached hydrogens (primary N) is 1. The van der Waals surface area contributed by atoms with Crippen LogP contribution in [-0.4, -0.2) is 35.1 Å². The number of carbonyl (C=O) groups excluding carboxylic acids is 1. The first kappa shape index (κ1) is 18.9. The second-order valence-electron chi connectivity index (χ2n) is 5.10. The van der Waals surface area contributed by atoms with Gasteiger partial charge in [-0.3, -0.25) is 4.79 Å². The summed E-state index contributed by atoms with van der Waals surface area (Å²) in [5.74, 6) is 0.880. The minimum Gasteiger partial charge on any atom is -0.355 e. The summed E-state index contributed by atoms with van der Waals surface area (Å²) in [6, 6.07) is 10.1. The van der Waals surface area contributed by atoms with Crippen molar-refractivity contribution in [3.63, 3.8) is 0 Å². The molecule has 0 bridgehead atoms. The minimum atomic E-state index is -0.384. The van der Waals surface area contributed by atoms with Gasteiger partial charge >= 0.3 is 0 Å². The van der Waals surface area contributed by atoms with E-state index in [1.54, 1.807) is 11.8 Å². The molecule has 3 N–H and O–H groups in total. The molecule has 6 heteroatoms. The molecule has 0 fully saturated rings. The predicted octanol–water partition coefficient (Wildman–Crippen LogP) is 2.65. The maximum Gasteiger partial charge on any atom is 0.236 e. The Kier molecular flexibility index (Phi) is 8.38. The van der Waals surface area contributed by atoms with Gasteiger partial charge in [-0.15, -0.1) is 12.4 Å². The molecule has 0 saturated heterocycles. The molecule has 0 radical (unpaired) electrons. The van der Waals surface area contributed by atoms with Gasteiger partial charge in [0, 0.05) is 24.8 Å². The van der Waals surface area contributed by atoms with Crippen molar-refractivity contribution in [2.24, 2.45) is 5.73 Å². The molecule has 2 rings (SSSR count). The SMILES string of the molecule is CSCC[C@H](N)C(=O)NCCCn1ccc2ccccc21.Cl. The van der Waals surface area contributed by atoms with Crippen LogP contribution in [0.4, 0.5) is 0 Å². The largest absolute Gasteiger partial charge is 0.355 e. The lowest BCUT2D eigenvalue weighted by Crippen LogP contribution is -2.41. The first-order valence-electron chi connectivity index (χ1n) is 7.28. The van der Waals surface area contributed by atoms with Gasteiger partial charge in [-0.05, 0) is 42.4 Å². The zero-order valence-corrected chi connectivity index (χ0v) is 14.5. The fraction of sp³-hybridized carbons (Fsp3) is 0.438. The van der Waals surface area contributed by atoms with Crippen molar-refractivity contribution in [1.82, 2.24) is 9.88 Å². The fourth-order valence-corrected chi connectivity index (χ4v) is 2.79. The van der Waals surface area contributed by atoms with Gasteiger partial charge in [0.15, 0.2) is 0 Å². The van der Waals surface area contributed by atoms with Gasteiger partial charge in [-0.25, -0.2) is 0 Å². The molecule has 22 heavy (non-hydrogen) atoms. The van der Waals surface area contributed by atoms with E-state index in [4.69, 9.17) is 5.73 Å². The molecule has 122 valence electrons. The maximum atomic E-state index is 11.8. The van der Waals surface area contributed by atoms with Crippen LogP contribution >= 0.6 is 24.2 Å². The van der Waals surface area contributed by atoms with Gasteiger partial charge in [-0.1, -0.05) is 18.2 Å². The van der Waals surface area contributed by atoms with E-state index in [1.807, 2.05) is 18.4 Å². The third-order valence-corrected chi connectivity index (χ3v) is 4.17. The molecule has 1 heterocycles. The van der Waals surface area contributed by atoms with Crippen molar-refractivity contribution in [3.05, 3.63) is 36.5 Å². The number of hydrogen-bond donors (Lipinski definition) is 2. The number of aryl methyl sites for hydroxylation is 1. The van der Waals surface area contributed by atoms with Gasteiger partial charge in [-0.2, -0.15) is 11.8 Å². The van der Waals surface area contributed by atoms with Gasteiger partial charge < -0.3 is 15.6 Å². The van der Waals surface area contributed by atoms with Gasteiger partial charge in [0.1, 0.15) is 0 Å². The standard InChI is InChI=1S/C16H23N3OS.ClH/c1-21-12-8-14(17)16(20)18-9-4-10-19-11-7-13-5-2-3-6-15(13)19;/h2-3,5-7,11,14H,4,8-10,12,17H2,1H3,(H,18,20);1H/t14-;/m0./s1. The molecule has 1 atom stereocenters. The van der Waals surface area contributed by atoms with E-state index in [9.17, 15) is 4.79 Å². The van der Waals surface area contributed by atoms with Crippen molar-refractivity contribution in [2.75, 3.05) is 18.6 Å². The van der Waals surface area contributed by atoms with E-state index in [2.05, 4.69) is 34.3 Å². The number of nitrogens with zero attached hydrogens (tertiary/aromatic N) is 1. The molecule has 0 aliphatic rings. The van der Waals surface area contributed by atoms with Crippen LogP contribution in [0.25, 0.3) is 10.9 Å². The van der Waals surface area contributed by atoms with Crippen LogP contribution in [0.2, 0.25) is 0 Å². The summed E-state index contributed by atoms with van der Waals surface area (Å²) < 4.78 is 2.22. The normalized spacial score (nSPS) is 11.9. The highest BCUT2D eigenvalue weighted by molar-refractivity contribution is 7.98. The zero-order chi connectivity index (χ0) is 15.1. The molecule has 0 aliphatic heterocycles. The van der Waals surface area contributed by atoms with Gasteiger partial charge in [0.2, 0.25) is 5.91 Å². The first-order chi connectivity index (χ1) is 10.2. The number of benzene rings is 1. The Morgan fingerprint density at radius 2 is 2.14 bits per heavy atom. The van der Waals surface area contributed by atoms with Crippen LogP contribution in [0.1, 0.15) is 12.8 Å².